The third-order valence-corrected chi connectivity index (χ3v) is 3.28. The Bertz CT molecular complexity index is 595. The molecule has 0 radical (unpaired) electrons. The number of benzene rings is 1. The van der Waals surface area contributed by atoms with Gasteiger partial charge in [-0.1, -0.05) is 30.3 Å². The molecule has 0 aliphatic carbocycles. The van der Waals surface area contributed by atoms with E-state index in [1.54, 1.807) is 16.9 Å². The Labute approximate surface area is 130 Å². The van der Waals surface area contributed by atoms with Crippen molar-refractivity contribution in [3.63, 3.8) is 0 Å². The molecule has 2 rings (SSSR count). The van der Waals surface area contributed by atoms with Crippen LogP contribution in [0.25, 0.3) is 0 Å². The number of nitrogens with zero attached hydrogens (tertiary/aromatic N) is 2. The molecule has 0 saturated heterocycles. The number of rotatable bonds is 6. The maximum atomic E-state index is 12.1. The summed E-state index contributed by atoms with van der Waals surface area (Å²) >= 11 is 0. The highest BCUT2D eigenvalue weighted by atomic mass is 16.3. The Hall–Kier alpha value is -2.34. The van der Waals surface area contributed by atoms with Gasteiger partial charge in [0.05, 0.1) is 18.8 Å². The Morgan fingerprint density at radius 2 is 2.00 bits per heavy atom. The molecule has 22 heavy (non-hydrogen) atoms. The number of urea groups is 1. The summed E-state index contributed by atoms with van der Waals surface area (Å²) in [5, 5.41) is 19.1. The molecule has 6 heteroatoms. The minimum atomic E-state index is -0.350. The number of aliphatic hydroxyl groups is 1. The van der Waals surface area contributed by atoms with Crippen molar-refractivity contribution in [1.82, 2.24) is 15.1 Å². The monoisotopic (exact) mass is 302 g/mol. The number of aromatic nitrogens is 2. The number of hydrogen-bond donors (Lipinski definition) is 3. The van der Waals surface area contributed by atoms with Gasteiger partial charge in [0.25, 0.3) is 0 Å². The van der Waals surface area contributed by atoms with Crippen molar-refractivity contribution in [3.05, 3.63) is 48.2 Å². The molecule has 0 aliphatic rings. The number of hydrogen-bond acceptors (Lipinski definition) is 3. The van der Waals surface area contributed by atoms with E-state index in [1.165, 1.54) is 0 Å². The summed E-state index contributed by atoms with van der Waals surface area (Å²) in [7, 11) is 0. The first-order valence-electron chi connectivity index (χ1n) is 7.36. The van der Waals surface area contributed by atoms with E-state index >= 15 is 0 Å². The molecule has 1 aromatic carbocycles. The number of carbonyl (C=O) groups excluding carboxylic acids is 1. The Morgan fingerprint density at radius 1 is 1.27 bits per heavy atom. The van der Waals surface area contributed by atoms with Crippen LogP contribution in [-0.4, -0.2) is 33.6 Å². The van der Waals surface area contributed by atoms with Crippen LogP contribution in [0.15, 0.2) is 42.6 Å². The van der Waals surface area contributed by atoms with Crippen LogP contribution in [0.4, 0.5) is 10.6 Å². The van der Waals surface area contributed by atoms with E-state index < -0.39 is 0 Å². The van der Waals surface area contributed by atoms with Crippen LogP contribution < -0.4 is 10.6 Å². The molecule has 3 N–H and O–H groups in total. The lowest BCUT2D eigenvalue weighted by Crippen LogP contribution is -2.41. The summed E-state index contributed by atoms with van der Waals surface area (Å²) in [6, 6.07) is 11.0. The quantitative estimate of drug-likeness (QED) is 0.765. The van der Waals surface area contributed by atoms with Crippen molar-refractivity contribution in [1.29, 1.82) is 0 Å². The first-order valence-corrected chi connectivity index (χ1v) is 7.36. The Morgan fingerprint density at radius 3 is 2.64 bits per heavy atom. The van der Waals surface area contributed by atoms with E-state index in [-0.39, 0.29) is 24.7 Å². The highest BCUT2D eigenvalue weighted by Gasteiger charge is 2.14. The first-order chi connectivity index (χ1) is 10.6. The zero-order chi connectivity index (χ0) is 15.9. The van der Waals surface area contributed by atoms with Gasteiger partial charge in [-0.15, -0.1) is 0 Å². The van der Waals surface area contributed by atoms with E-state index in [2.05, 4.69) is 15.7 Å². The lowest BCUT2D eigenvalue weighted by atomic mass is 10.1. The van der Waals surface area contributed by atoms with Crippen LogP contribution in [0.1, 0.15) is 25.5 Å². The smallest absolute Gasteiger partial charge is 0.320 e. The molecule has 2 aromatic rings. The second-order valence-electron chi connectivity index (χ2n) is 5.42. The van der Waals surface area contributed by atoms with Gasteiger partial charge < -0.3 is 10.4 Å². The fraction of sp³-hybridized carbons (Fsp3) is 0.375. The molecule has 118 valence electrons. The summed E-state index contributed by atoms with van der Waals surface area (Å²) in [5.74, 6) is 0.629. The van der Waals surface area contributed by atoms with E-state index in [1.807, 2.05) is 44.2 Å². The molecule has 0 unspecified atom stereocenters. The minimum absolute atomic E-state index is 0.119. The number of nitrogens with one attached hydrogen (secondary N) is 2. The molecular formula is C16H22N4O2. The van der Waals surface area contributed by atoms with Crippen LogP contribution in [0.5, 0.6) is 0 Å². The van der Waals surface area contributed by atoms with Gasteiger partial charge in [-0.05, 0) is 25.8 Å². The SMILES string of the molecule is CC(C)n1nccc1NC(=O)N[C@@H](CO)Cc1ccccc1. The zero-order valence-electron chi connectivity index (χ0n) is 12.9. The third kappa shape index (κ3) is 4.33. The minimum Gasteiger partial charge on any atom is -0.394 e. The molecule has 1 atom stereocenters. The van der Waals surface area contributed by atoms with E-state index in [0.29, 0.717) is 12.2 Å². The molecule has 0 spiro atoms. The van der Waals surface area contributed by atoms with Gasteiger partial charge in [0, 0.05) is 12.1 Å². The van der Waals surface area contributed by atoms with Gasteiger partial charge in [0.15, 0.2) is 0 Å². The molecule has 0 aliphatic heterocycles. The van der Waals surface area contributed by atoms with Crippen LogP contribution in [-0.2, 0) is 6.42 Å². The second-order valence-corrected chi connectivity index (χ2v) is 5.42. The molecule has 0 bridgehead atoms. The van der Waals surface area contributed by atoms with Gasteiger partial charge in [0.1, 0.15) is 5.82 Å². The van der Waals surface area contributed by atoms with Crippen LogP contribution in [0, 0.1) is 0 Å². The highest BCUT2D eigenvalue weighted by molar-refractivity contribution is 5.88. The van der Waals surface area contributed by atoms with Crippen molar-refractivity contribution in [2.75, 3.05) is 11.9 Å². The maximum Gasteiger partial charge on any atom is 0.320 e. The van der Waals surface area contributed by atoms with Crippen LogP contribution in [0.2, 0.25) is 0 Å². The van der Waals surface area contributed by atoms with Crippen LogP contribution in [0.3, 0.4) is 0 Å². The predicted octanol–water partition coefficient (Wildman–Crippen LogP) is 2.19. The van der Waals surface area contributed by atoms with Crippen molar-refractivity contribution < 1.29 is 9.90 Å². The Kier molecular flexibility index (Phi) is 5.55. The zero-order valence-corrected chi connectivity index (χ0v) is 12.9. The topological polar surface area (TPSA) is 79.2 Å². The first kappa shape index (κ1) is 16.0. The van der Waals surface area contributed by atoms with Crippen molar-refractivity contribution in [2.45, 2.75) is 32.4 Å². The highest BCUT2D eigenvalue weighted by Crippen LogP contribution is 2.12. The number of aliphatic hydroxyl groups excluding tert-OH is 1. The predicted molar refractivity (Wildman–Crippen MR) is 85.8 cm³/mol. The summed E-state index contributed by atoms with van der Waals surface area (Å²) < 4.78 is 1.73. The van der Waals surface area contributed by atoms with Crippen molar-refractivity contribution in [3.8, 4) is 0 Å². The van der Waals surface area contributed by atoms with Crippen molar-refractivity contribution in [2.24, 2.45) is 0 Å². The summed E-state index contributed by atoms with van der Waals surface area (Å²) in [6.45, 7) is 3.86. The fourth-order valence-electron chi connectivity index (χ4n) is 2.22. The van der Waals surface area contributed by atoms with Gasteiger partial charge in [0.2, 0.25) is 0 Å². The molecule has 1 heterocycles. The average molecular weight is 302 g/mol. The Balaban J connectivity index is 1.93. The molecule has 0 fully saturated rings. The van der Waals surface area contributed by atoms with Gasteiger partial charge >= 0.3 is 6.03 Å². The van der Waals surface area contributed by atoms with Gasteiger partial charge in [-0.2, -0.15) is 5.10 Å². The number of anilines is 1. The van der Waals surface area contributed by atoms with E-state index in [4.69, 9.17) is 0 Å². The maximum absolute atomic E-state index is 12.1. The molecule has 2 amide bonds. The average Bonchev–Trinajstić information content (AvgIpc) is 2.95. The molecular weight excluding hydrogens is 280 g/mol. The standard InChI is InChI=1S/C16H22N4O2/c1-12(2)20-15(8-9-17-20)19-16(22)18-14(11-21)10-13-6-4-3-5-7-13/h3-9,12,14,21H,10-11H2,1-2H3,(H2,18,19,22)/t14-/m1/s1. The van der Waals surface area contributed by atoms with Crippen molar-refractivity contribution >= 4 is 11.8 Å². The number of amides is 2. The molecule has 1 aromatic heterocycles. The summed E-state index contributed by atoms with van der Waals surface area (Å²) in [4.78, 5) is 12.1. The van der Waals surface area contributed by atoms with Crippen LogP contribution >= 0.6 is 0 Å². The fourth-order valence-corrected chi connectivity index (χ4v) is 2.22. The van der Waals surface area contributed by atoms with E-state index in [9.17, 15) is 9.90 Å². The number of carbonyl (C=O) groups is 1. The van der Waals surface area contributed by atoms with Gasteiger partial charge in [-0.3, -0.25) is 5.32 Å². The van der Waals surface area contributed by atoms with Gasteiger partial charge in [-0.25, -0.2) is 9.48 Å². The normalized spacial score (nSPS) is 12.2. The molecule has 6 nitrogen and oxygen atoms in total. The third-order valence-electron chi connectivity index (χ3n) is 3.28. The summed E-state index contributed by atoms with van der Waals surface area (Å²) in [5.41, 5.74) is 1.06. The van der Waals surface area contributed by atoms with E-state index in [0.717, 1.165) is 5.56 Å². The lowest BCUT2D eigenvalue weighted by Gasteiger charge is -2.18. The molecule has 0 saturated carbocycles. The largest absolute Gasteiger partial charge is 0.394 e. The summed E-state index contributed by atoms with van der Waals surface area (Å²) in [6.07, 6.45) is 2.22. The second kappa shape index (κ2) is 7.61. The lowest BCUT2D eigenvalue weighted by molar-refractivity contribution is 0.224.